The molecule has 3 rings (SSSR count). The topological polar surface area (TPSA) is 147 Å². The summed E-state index contributed by atoms with van der Waals surface area (Å²) in [6, 6.07) is 3.25. The summed E-state index contributed by atoms with van der Waals surface area (Å²) in [5, 5.41) is 22.1. The van der Waals surface area contributed by atoms with Crippen LogP contribution in [0.15, 0.2) is 87.9 Å². The number of aliphatic imine (C=N–C) groups is 2. The third kappa shape index (κ3) is 4.90. The van der Waals surface area contributed by atoms with E-state index in [0.717, 1.165) is 12.1 Å². The van der Waals surface area contributed by atoms with Crippen LogP contribution >= 0.6 is 0 Å². The third-order valence-electron chi connectivity index (χ3n) is 4.31. The molecule has 0 radical (unpaired) electrons. The quantitative estimate of drug-likeness (QED) is 0.375. The van der Waals surface area contributed by atoms with Crippen LogP contribution in [0.2, 0.25) is 0 Å². The minimum Gasteiger partial charge on any atom is -0.492 e. The van der Waals surface area contributed by atoms with Gasteiger partial charge in [-0.05, 0) is 42.5 Å². The van der Waals surface area contributed by atoms with E-state index in [-0.39, 0.29) is 23.0 Å². The average molecular weight is 436 g/mol. The molecular weight excluding hydrogens is 420 g/mol. The van der Waals surface area contributed by atoms with Crippen molar-refractivity contribution in [1.29, 1.82) is 0 Å². The normalized spacial score (nSPS) is 15.1. The van der Waals surface area contributed by atoms with Crippen molar-refractivity contribution in [3.63, 3.8) is 0 Å². The maximum absolute atomic E-state index is 12.0. The fourth-order valence-electron chi connectivity index (χ4n) is 2.74. The van der Waals surface area contributed by atoms with Gasteiger partial charge in [0.1, 0.15) is 5.69 Å². The summed E-state index contributed by atoms with van der Waals surface area (Å²) >= 11 is 0. The van der Waals surface area contributed by atoms with Crippen LogP contribution in [0.1, 0.15) is 0 Å². The molecule has 1 aromatic rings. The standard InChI is InChI=1S/C21H16N4O7/c1-31-19-9-13(10-20(32-2)21(19)26)12-22-14-3-5-15(6-4-14)23-17-8-7-16(24(27)28)11-18(17)25(29)30/h3-12H,1-2H3. The maximum atomic E-state index is 12.0. The molecule has 0 saturated carbocycles. The van der Waals surface area contributed by atoms with Gasteiger partial charge in [0.25, 0.3) is 11.5 Å². The lowest BCUT2D eigenvalue weighted by Gasteiger charge is -2.13. The van der Waals surface area contributed by atoms with Gasteiger partial charge in [0.2, 0.25) is 0 Å². The first-order chi connectivity index (χ1) is 15.3. The molecular formula is C21H16N4O7. The van der Waals surface area contributed by atoms with Gasteiger partial charge in [-0.25, -0.2) is 4.99 Å². The summed E-state index contributed by atoms with van der Waals surface area (Å²) in [5.74, 6) is -0.104. The predicted octanol–water partition coefficient (Wildman–Crippen LogP) is 3.67. The Morgan fingerprint density at radius 1 is 0.906 bits per heavy atom. The van der Waals surface area contributed by atoms with Gasteiger partial charge in [0.15, 0.2) is 11.5 Å². The molecule has 0 unspecified atom stereocenters. The minimum atomic E-state index is -0.722. The Labute approximate surface area is 181 Å². The number of nitrogens with zero attached hydrogens (tertiary/aromatic N) is 4. The number of non-ortho nitro benzene ring substituents is 1. The second-order valence-electron chi connectivity index (χ2n) is 6.33. The molecule has 0 bridgehead atoms. The summed E-state index contributed by atoms with van der Waals surface area (Å²) < 4.78 is 10.1. The van der Waals surface area contributed by atoms with Gasteiger partial charge in [-0.2, -0.15) is 0 Å². The van der Waals surface area contributed by atoms with Gasteiger partial charge in [0, 0.05) is 17.8 Å². The highest BCUT2D eigenvalue weighted by molar-refractivity contribution is 6.19. The molecule has 0 fully saturated rings. The van der Waals surface area contributed by atoms with Crippen molar-refractivity contribution in [3.8, 4) is 0 Å². The Morgan fingerprint density at radius 2 is 1.50 bits per heavy atom. The number of allylic oxidation sites excluding steroid dienone is 7. The van der Waals surface area contributed by atoms with E-state index in [4.69, 9.17) is 9.47 Å². The van der Waals surface area contributed by atoms with Crippen molar-refractivity contribution < 1.29 is 24.1 Å². The van der Waals surface area contributed by atoms with E-state index < -0.39 is 21.2 Å². The van der Waals surface area contributed by atoms with Crippen molar-refractivity contribution in [2.24, 2.45) is 9.98 Å². The molecule has 11 heteroatoms. The number of nitro benzene ring substituents is 2. The number of ether oxygens (including phenoxy) is 2. The Morgan fingerprint density at radius 3 is 2.03 bits per heavy atom. The molecule has 0 amide bonds. The van der Waals surface area contributed by atoms with E-state index in [1.807, 2.05) is 0 Å². The molecule has 162 valence electrons. The Kier molecular flexibility index (Phi) is 6.49. The molecule has 0 N–H and O–H groups in total. The SMILES string of the molecule is COC1=CC(=CN=C2C=CC(=Nc3ccc([N+](=O)[O-])cc3[N+](=O)[O-])C=C2)C=C(OC)C1=O. The first-order valence-corrected chi connectivity index (χ1v) is 9.04. The number of hydrogen-bond acceptors (Lipinski definition) is 9. The lowest BCUT2D eigenvalue weighted by molar-refractivity contribution is -0.393. The molecule has 0 saturated heterocycles. The van der Waals surface area contributed by atoms with Gasteiger partial charge in [0.05, 0.1) is 41.6 Å². The molecule has 0 aliphatic heterocycles. The molecule has 11 nitrogen and oxygen atoms in total. The van der Waals surface area contributed by atoms with E-state index in [0.29, 0.717) is 17.0 Å². The van der Waals surface area contributed by atoms with Crippen molar-refractivity contribution in [2.45, 2.75) is 0 Å². The lowest BCUT2D eigenvalue weighted by Crippen LogP contribution is -2.13. The fraction of sp³-hybridized carbons (Fsp3) is 0.0952. The lowest BCUT2D eigenvalue weighted by atomic mass is 10.1. The van der Waals surface area contributed by atoms with Gasteiger partial charge in [-0.15, -0.1) is 0 Å². The van der Waals surface area contributed by atoms with E-state index >= 15 is 0 Å². The number of carbonyl (C=O) groups excluding carboxylic acids is 1. The number of carbonyl (C=O) groups is 1. The van der Waals surface area contributed by atoms with Crippen molar-refractivity contribution >= 4 is 34.3 Å². The van der Waals surface area contributed by atoms with Crippen LogP contribution < -0.4 is 0 Å². The summed E-state index contributed by atoms with van der Waals surface area (Å²) in [5.41, 5.74) is 0.693. The fourth-order valence-corrected chi connectivity index (χ4v) is 2.74. The Bertz CT molecular complexity index is 1170. The zero-order valence-electron chi connectivity index (χ0n) is 16.9. The molecule has 0 atom stereocenters. The number of Topliss-reactive ketones (excluding diaryl/α,β-unsaturated/α-hetero) is 1. The summed E-state index contributed by atoms with van der Waals surface area (Å²) in [6.07, 6.45) is 11.1. The second-order valence-corrected chi connectivity index (χ2v) is 6.33. The highest BCUT2D eigenvalue weighted by atomic mass is 16.6. The number of benzene rings is 1. The van der Waals surface area contributed by atoms with Crippen LogP contribution in [0.4, 0.5) is 17.1 Å². The zero-order chi connectivity index (χ0) is 23.3. The minimum absolute atomic E-state index is 0.00579. The summed E-state index contributed by atoms with van der Waals surface area (Å²) in [4.78, 5) is 41.1. The van der Waals surface area contributed by atoms with E-state index in [2.05, 4.69) is 9.98 Å². The summed E-state index contributed by atoms with van der Waals surface area (Å²) in [6.45, 7) is 0. The van der Waals surface area contributed by atoms with Crippen LogP contribution in [0.5, 0.6) is 0 Å². The van der Waals surface area contributed by atoms with Crippen molar-refractivity contribution in [1.82, 2.24) is 0 Å². The van der Waals surface area contributed by atoms with Crippen LogP contribution in [0.3, 0.4) is 0 Å². The first-order valence-electron chi connectivity index (χ1n) is 9.04. The largest absolute Gasteiger partial charge is 0.492 e. The van der Waals surface area contributed by atoms with Crippen LogP contribution in [-0.4, -0.2) is 41.3 Å². The molecule has 0 aromatic heterocycles. The number of rotatable bonds is 6. The maximum Gasteiger partial charge on any atom is 0.301 e. The number of nitro groups is 2. The zero-order valence-corrected chi connectivity index (χ0v) is 16.9. The van der Waals surface area contributed by atoms with Crippen molar-refractivity contribution in [2.75, 3.05) is 14.2 Å². The van der Waals surface area contributed by atoms with Crippen molar-refractivity contribution in [3.05, 3.63) is 98.2 Å². The van der Waals surface area contributed by atoms with Gasteiger partial charge in [-0.1, -0.05) is 0 Å². The monoisotopic (exact) mass is 436 g/mol. The third-order valence-corrected chi connectivity index (χ3v) is 4.31. The predicted molar refractivity (Wildman–Crippen MR) is 116 cm³/mol. The average Bonchev–Trinajstić information content (AvgIpc) is 2.79. The van der Waals surface area contributed by atoms with Crippen LogP contribution in [0, 0.1) is 20.2 Å². The number of ketones is 1. The van der Waals surface area contributed by atoms with Gasteiger partial charge < -0.3 is 9.47 Å². The second kappa shape index (κ2) is 9.43. The highest BCUT2D eigenvalue weighted by Crippen LogP contribution is 2.31. The molecule has 2 aliphatic rings. The molecule has 2 aliphatic carbocycles. The molecule has 0 spiro atoms. The smallest absolute Gasteiger partial charge is 0.301 e. The van der Waals surface area contributed by atoms with E-state index in [9.17, 15) is 25.0 Å². The molecule has 1 aromatic carbocycles. The summed E-state index contributed by atoms with van der Waals surface area (Å²) in [7, 11) is 2.77. The van der Waals surface area contributed by atoms with Gasteiger partial charge in [-0.3, -0.25) is 30.0 Å². The number of methoxy groups -OCH3 is 2. The van der Waals surface area contributed by atoms with Crippen LogP contribution in [-0.2, 0) is 14.3 Å². The molecule has 32 heavy (non-hydrogen) atoms. The van der Waals surface area contributed by atoms with Gasteiger partial charge >= 0.3 is 5.69 Å². The highest BCUT2D eigenvalue weighted by Gasteiger charge is 2.22. The van der Waals surface area contributed by atoms with E-state index in [1.165, 1.54) is 38.6 Å². The Hall–Kier alpha value is -4.67. The first kappa shape index (κ1) is 22.0. The number of hydrogen-bond donors (Lipinski definition) is 0. The van der Waals surface area contributed by atoms with Crippen LogP contribution in [0.25, 0.3) is 0 Å². The molecule has 0 heterocycles. The Balaban J connectivity index is 1.83. The van der Waals surface area contributed by atoms with E-state index in [1.54, 1.807) is 24.3 Å².